The summed E-state index contributed by atoms with van der Waals surface area (Å²) in [5.41, 5.74) is 9.12. The minimum atomic E-state index is -1.25. The summed E-state index contributed by atoms with van der Waals surface area (Å²) in [7, 11) is 0. The van der Waals surface area contributed by atoms with Gasteiger partial charge in [0.15, 0.2) is 0 Å². The van der Waals surface area contributed by atoms with Crippen molar-refractivity contribution in [3.05, 3.63) is 46.3 Å². The van der Waals surface area contributed by atoms with Gasteiger partial charge in [-0.25, -0.2) is 9.59 Å². The summed E-state index contributed by atoms with van der Waals surface area (Å²) in [5.74, 6) is -1.46. The Morgan fingerprint density at radius 3 is 2.62 bits per heavy atom. The zero-order valence-corrected chi connectivity index (χ0v) is 14.0. The molecular weight excluding hydrogens is 344 g/mol. The van der Waals surface area contributed by atoms with E-state index in [0.29, 0.717) is 5.56 Å². The van der Waals surface area contributed by atoms with Crippen molar-refractivity contribution >= 4 is 18.0 Å². The molecule has 0 aromatic heterocycles. The van der Waals surface area contributed by atoms with Gasteiger partial charge in [0.2, 0.25) is 6.10 Å². The third kappa shape index (κ3) is 4.87. The molecular formula is C16H18N4O6. The Balaban J connectivity index is 2.15. The van der Waals surface area contributed by atoms with Crippen molar-refractivity contribution in [2.24, 2.45) is 5.11 Å². The van der Waals surface area contributed by atoms with E-state index in [-0.39, 0.29) is 19.5 Å². The number of likely N-dealkylation sites (tertiary alicyclic amines) is 1. The number of carbonyl (C=O) groups excluding carboxylic acids is 2. The second-order valence-corrected chi connectivity index (χ2v) is 5.67. The molecule has 1 saturated heterocycles. The highest BCUT2D eigenvalue weighted by molar-refractivity contribution is 5.80. The van der Waals surface area contributed by atoms with Crippen molar-refractivity contribution in [1.29, 1.82) is 0 Å². The van der Waals surface area contributed by atoms with Crippen molar-refractivity contribution in [2.45, 2.75) is 31.6 Å². The van der Waals surface area contributed by atoms with Crippen molar-refractivity contribution in [3.8, 4) is 0 Å². The average molecular weight is 362 g/mol. The molecule has 1 heterocycles. The third-order valence-electron chi connectivity index (χ3n) is 3.86. The molecule has 0 aliphatic carbocycles. The van der Waals surface area contributed by atoms with E-state index in [1.807, 2.05) is 0 Å². The number of benzene rings is 1. The maximum Gasteiger partial charge on any atom is 0.407 e. The molecule has 138 valence electrons. The first-order valence-electron chi connectivity index (χ1n) is 7.87. The smallest absolute Gasteiger partial charge is 0.407 e. The summed E-state index contributed by atoms with van der Waals surface area (Å²) in [6.45, 7) is 1.23. The van der Waals surface area contributed by atoms with E-state index < -0.39 is 36.3 Å². The molecule has 0 bridgehead atoms. The highest BCUT2D eigenvalue weighted by Crippen LogP contribution is 2.24. The van der Waals surface area contributed by atoms with Gasteiger partial charge in [-0.05, 0) is 5.53 Å². The number of azide groups is 1. The number of ether oxygens (including phenoxy) is 2. The van der Waals surface area contributed by atoms with Gasteiger partial charge in [-0.15, -0.1) is 0 Å². The fourth-order valence-corrected chi connectivity index (χ4v) is 2.66. The molecule has 1 N–H and O–H groups in total. The van der Waals surface area contributed by atoms with Gasteiger partial charge in [0.25, 0.3) is 0 Å². The summed E-state index contributed by atoms with van der Waals surface area (Å²) in [4.78, 5) is 38.7. The lowest BCUT2D eigenvalue weighted by Crippen LogP contribution is -2.49. The molecule has 1 amide bonds. The highest BCUT2D eigenvalue weighted by Gasteiger charge is 2.36. The fraction of sp³-hybridized carbons (Fsp3) is 0.438. The Morgan fingerprint density at radius 2 is 2.04 bits per heavy atom. The van der Waals surface area contributed by atoms with Crippen LogP contribution in [0.4, 0.5) is 4.79 Å². The second-order valence-electron chi connectivity index (χ2n) is 5.67. The summed E-state index contributed by atoms with van der Waals surface area (Å²) < 4.78 is 10.5. The first kappa shape index (κ1) is 19.1. The van der Waals surface area contributed by atoms with Crippen LogP contribution in [0, 0.1) is 0 Å². The van der Waals surface area contributed by atoms with Crippen LogP contribution in [0.25, 0.3) is 10.4 Å². The quantitative estimate of drug-likeness (QED) is 0.368. The largest absolute Gasteiger partial charge is 0.465 e. The molecule has 2 rings (SSSR count). The number of amides is 1. The van der Waals surface area contributed by atoms with Gasteiger partial charge in [-0.2, -0.15) is 0 Å². The van der Waals surface area contributed by atoms with Crippen LogP contribution in [0.2, 0.25) is 0 Å². The summed E-state index contributed by atoms with van der Waals surface area (Å²) in [5, 5.41) is 12.6. The van der Waals surface area contributed by atoms with Crippen LogP contribution < -0.4 is 0 Å². The van der Waals surface area contributed by atoms with Gasteiger partial charge in [0.1, 0.15) is 6.10 Å². The maximum absolute atomic E-state index is 12.5. The lowest BCUT2D eigenvalue weighted by molar-refractivity contribution is -0.173. The predicted molar refractivity (Wildman–Crippen MR) is 88.0 cm³/mol. The highest BCUT2D eigenvalue weighted by atomic mass is 16.6. The van der Waals surface area contributed by atoms with Gasteiger partial charge >= 0.3 is 18.0 Å². The van der Waals surface area contributed by atoms with Crippen molar-refractivity contribution in [1.82, 2.24) is 4.90 Å². The van der Waals surface area contributed by atoms with E-state index in [9.17, 15) is 14.4 Å². The molecule has 3 atom stereocenters. The molecule has 0 spiro atoms. The zero-order chi connectivity index (χ0) is 19.1. The lowest BCUT2D eigenvalue weighted by Gasteiger charge is -2.34. The number of rotatable bonds is 5. The van der Waals surface area contributed by atoms with E-state index in [4.69, 9.17) is 20.1 Å². The van der Waals surface area contributed by atoms with E-state index in [0.717, 1.165) is 4.90 Å². The van der Waals surface area contributed by atoms with Crippen LogP contribution >= 0.6 is 0 Å². The molecule has 1 aliphatic heterocycles. The van der Waals surface area contributed by atoms with Crippen LogP contribution in [0.1, 0.15) is 25.0 Å². The van der Waals surface area contributed by atoms with Crippen molar-refractivity contribution < 1.29 is 29.0 Å². The molecule has 10 nitrogen and oxygen atoms in total. The minimum absolute atomic E-state index is 0.0824. The first-order chi connectivity index (χ1) is 12.4. The van der Waals surface area contributed by atoms with Crippen LogP contribution in [-0.2, 0) is 19.1 Å². The molecule has 0 saturated carbocycles. The van der Waals surface area contributed by atoms with Crippen molar-refractivity contribution in [3.63, 3.8) is 0 Å². The van der Waals surface area contributed by atoms with E-state index in [2.05, 4.69) is 10.0 Å². The molecule has 2 unspecified atom stereocenters. The molecule has 0 radical (unpaired) electrons. The van der Waals surface area contributed by atoms with Crippen LogP contribution in [0.15, 0.2) is 35.4 Å². The number of piperidine rings is 1. The molecule has 26 heavy (non-hydrogen) atoms. The molecule has 1 fully saturated rings. The van der Waals surface area contributed by atoms with Gasteiger partial charge in [-0.1, -0.05) is 35.4 Å². The van der Waals surface area contributed by atoms with E-state index >= 15 is 0 Å². The number of carboxylic acid groups (broad SMARTS) is 1. The second kappa shape index (κ2) is 8.72. The molecule has 1 aromatic carbocycles. The zero-order valence-electron chi connectivity index (χ0n) is 14.0. The Kier molecular flexibility index (Phi) is 6.40. The monoisotopic (exact) mass is 362 g/mol. The summed E-state index contributed by atoms with van der Waals surface area (Å²) in [6.07, 6.45) is -3.03. The lowest BCUT2D eigenvalue weighted by atomic mass is 10.0. The third-order valence-corrected chi connectivity index (χ3v) is 3.86. The Labute approximate surface area is 148 Å². The normalized spacial score (nSPS) is 20.4. The topological polar surface area (TPSA) is 142 Å². The van der Waals surface area contributed by atoms with Crippen LogP contribution in [0.3, 0.4) is 0 Å². The Bertz CT molecular complexity index is 719. The van der Waals surface area contributed by atoms with E-state index in [1.54, 1.807) is 30.3 Å². The number of nitrogens with zero attached hydrogens (tertiary/aromatic N) is 4. The van der Waals surface area contributed by atoms with E-state index in [1.165, 1.54) is 6.92 Å². The van der Waals surface area contributed by atoms with Gasteiger partial charge in [-0.3, -0.25) is 4.79 Å². The molecule has 10 heteroatoms. The summed E-state index contributed by atoms with van der Waals surface area (Å²) in [6, 6.07) is 7.50. The SMILES string of the molecule is CC(=O)O[C@@H](C(=O)OC1CCN(C(=O)O)CC1N=[N+]=[N-])c1ccccc1. The molecule has 1 aliphatic rings. The van der Waals surface area contributed by atoms with Crippen molar-refractivity contribution in [2.75, 3.05) is 13.1 Å². The minimum Gasteiger partial charge on any atom is -0.465 e. The number of hydrogen-bond donors (Lipinski definition) is 1. The average Bonchev–Trinajstić information content (AvgIpc) is 2.61. The fourth-order valence-electron chi connectivity index (χ4n) is 2.66. The van der Waals surface area contributed by atoms with Crippen LogP contribution in [0.5, 0.6) is 0 Å². The van der Waals surface area contributed by atoms with Crippen LogP contribution in [-0.4, -0.2) is 53.3 Å². The summed E-state index contributed by atoms with van der Waals surface area (Å²) >= 11 is 0. The Hall–Kier alpha value is -3.26. The number of esters is 2. The first-order valence-corrected chi connectivity index (χ1v) is 7.87. The number of hydrogen-bond acceptors (Lipinski definition) is 6. The maximum atomic E-state index is 12.5. The van der Waals surface area contributed by atoms with Gasteiger partial charge < -0.3 is 19.5 Å². The molecule has 1 aromatic rings. The number of carbonyl (C=O) groups is 3. The van der Waals surface area contributed by atoms with Gasteiger partial charge in [0.05, 0.1) is 6.04 Å². The van der Waals surface area contributed by atoms with Gasteiger partial charge in [0, 0.05) is 36.9 Å². The predicted octanol–water partition coefficient (Wildman–Crippen LogP) is 2.27. The Morgan fingerprint density at radius 1 is 1.35 bits per heavy atom. The standard InChI is InChI=1S/C16H18N4O6/c1-10(21)25-14(11-5-3-2-4-6-11)15(22)26-13-7-8-20(16(23)24)9-12(13)18-19-17/h2-6,12-14H,7-9H2,1H3,(H,23,24)/t12?,13?,14-/m1/s1.